The van der Waals surface area contributed by atoms with Gasteiger partial charge in [-0.3, -0.25) is 19.8 Å². The van der Waals surface area contributed by atoms with Crippen LogP contribution in [0.3, 0.4) is 0 Å². The van der Waals surface area contributed by atoms with Crippen molar-refractivity contribution < 1.29 is 22.4 Å². The monoisotopic (exact) mass is 868 g/mol. The van der Waals surface area contributed by atoms with Gasteiger partial charge in [0.25, 0.3) is 0 Å². The number of allylic oxidation sites excluding steroid dienone is 1. The van der Waals surface area contributed by atoms with Crippen molar-refractivity contribution in [3.8, 4) is 40.5 Å². The zero-order valence-corrected chi connectivity index (χ0v) is 35.5. The Balaban J connectivity index is 0.000000156. The van der Waals surface area contributed by atoms with E-state index in [2.05, 4.69) is 34.8 Å². The Morgan fingerprint density at radius 1 is 0.844 bits per heavy atom. The van der Waals surface area contributed by atoms with Gasteiger partial charge in [0.1, 0.15) is 46.1 Å². The van der Waals surface area contributed by atoms with E-state index in [0.717, 1.165) is 6.54 Å². The topological polar surface area (TPSA) is 212 Å². The van der Waals surface area contributed by atoms with Crippen LogP contribution in [0.5, 0.6) is 0 Å². The van der Waals surface area contributed by atoms with Gasteiger partial charge >= 0.3 is 0 Å². The Morgan fingerprint density at radius 2 is 1.48 bits per heavy atom. The molecule has 330 valence electrons. The number of aliphatic imine (C=N–C) groups is 1. The summed E-state index contributed by atoms with van der Waals surface area (Å²) in [5, 5.41) is 24.1. The molecular formula is C47H50F2N12O3. The summed E-state index contributed by atoms with van der Waals surface area (Å²) in [6.45, 7) is 6.57. The van der Waals surface area contributed by atoms with Gasteiger partial charge in [-0.15, -0.1) is 0 Å². The molecule has 7 aromatic rings. The summed E-state index contributed by atoms with van der Waals surface area (Å²) < 4.78 is 46.6. The number of furan rings is 2. The Morgan fingerprint density at radius 3 is 2.08 bits per heavy atom. The highest BCUT2D eigenvalue weighted by molar-refractivity contribution is 5.94. The fraction of sp³-hybridized carbons (Fsp3) is 0.255. The Labute approximate surface area is 369 Å². The van der Waals surface area contributed by atoms with E-state index in [1.165, 1.54) is 75.5 Å². The molecular weight excluding hydrogens is 819 g/mol. The highest BCUT2D eigenvalue weighted by Gasteiger charge is 2.19. The first kappa shape index (κ1) is 45.7. The fourth-order valence-electron chi connectivity index (χ4n) is 6.75. The van der Waals surface area contributed by atoms with Gasteiger partial charge in [-0.05, 0) is 80.8 Å². The molecule has 0 unspecified atom stereocenters. The molecule has 1 fully saturated rings. The molecule has 0 amide bonds. The second-order valence-corrected chi connectivity index (χ2v) is 14.3. The molecule has 0 spiro atoms. The molecule has 64 heavy (non-hydrogen) atoms. The van der Waals surface area contributed by atoms with E-state index in [9.17, 15) is 8.78 Å². The molecule has 17 heteroatoms. The van der Waals surface area contributed by atoms with Crippen molar-refractivity contribution in [2.45, 2.75) is 52.1 Å². The molecule has 0 aliphatic carbocycles. The fourth-order valence-corrected chi connectivity index (χ4v) is 6.75. The van der Waals surface area contributed by atoms with Gasteiger partial charge in [-0.2, -0.15) is 15.5 Å². The summed E-state index contributed by atoms with van der Waals surface area (Å²) in [5.74, 6) is 2.63. The third-order valence-electron chi connectivity index (χ3n) is 9.82. The smallest absolute Gasteiger partial charge is 0.182 e. The van der Waals surface area contributed by atoms with Crippen molar-refractivity contribution in [1.82, 2.24) is 34.4 Å². The molecule has 0 saturated carbocycles. The molecule has 2 aromatic carbocycles. The maximum Gasteiger partial charge on any atom is 0.182 e. The summed E-state index contributed by atoms with van der Waals surface area (Å²) in [5.41, 5.74) is 14.4. The minimum atomic E-state index is -0.303. The quantitative estimate of drug-likeness (QED) is 0.0512. The summed E-state index contributed by atoms with van der Waals surface area (Å²) in [4.78, 5) is 15.4. The molecule has 0 radical (unpaired) electrons. The van der Waals surface area contributed by atoms with E-state index in [1.807, 2.05) is 13.0 Å². The second kappa shape index (κ2) is 23.4. The standard InChI is InChI=1S/C18H14FN5O.C15H13FN4O.C9H16N2.C5H7NO/c19-13-5-2-1-4-12(13)11-24-15(16-6-3-9-25-16)10-14(23-24)18-21-8-7-17(20)22-18;16-11-5-2-1-4-10(11)9-20-13(14-6-3-7-21-14)8-12(19-20)15(17)18;1-2-5-9-10-6-4-8-11(9)7-3-1;1-2-7-5-3-4-6/h1-10H,11H2,(H2,20,21,22);1-8H,9H2,(H3,17,18);1-8H2;3,5H,2H2,1H3. The van der Waals surface area contributed by atoms with Crippen LogP contribution in [0.4, 0.5) is 14.6 Å². The van der Waals surface area contributed by atoms with Crippen LogP contribution < -0.4 is 11.5 Å². The molecule has 2 aliphatic heterocycles. The number of aromatic nitrogens is 6. The number of nitriles is 1. The van der Waals surface area contributed by atoms with Gasteiger partial charge in [-0.25, -0.2) is 18.7 Å². The Bertz CT molecular complexity index is 2650. The molecule has 0 bridgehead atoms. The zero-order valence-electron chi connectivity index (χ0n) is 35.5. The summed E-state index contributed by atoms with van der Waals surface area (Å²) in [6, 6.07) is 27.1. The molecule has 1 saturated heterocycles. The first-order valence-electron chi connectivity index (χ1n) is 20.8. The minimum absolute atomic E-state index is 0.143. The van der Waals surface area contributed by atoms with Crippen molar-refractivity contribution in [3.05, 3.63) is 151 Å². The lowest BCUT2D eigenvalue weighted by atomic mass is 10.2. The van der Waals surface area contributed by atoms with Crippen molar-refractivity contribution in [2.24, 2.45) is 10.7 Å². The summed E-state index contributed by atoms with van der Waals surface area (Å²) >= 11 is 0. The van der Waals surface area contributed by atoms with Crippen molar-refractivity contribution in [2.75, 3.05) is 32.0 Å². The molecule has 5 aromatic heterocycles. The number of fused-ring (bicyclic) bond motifs is 1. The lowest BCUT2D eigenvalue weighted by molar-refractivity contribution is 0.269. The highest BCUT2D eigenvalue weighted by atomic mass is 19.1. The molecule has 0 atom stereocenters. The number of benzene rings is 2. The number of amidine groups is 2. The van der Waals surface area contributed by atoms with Crippen LogP contribution in [-0.4, -0.2) is 72.3 Å². The average Bonchev–Trinajstić information content (AvgIpc) is 4.14. The van der Waals surface area contributed by atoms with Crippen LogP contribution in [0.1, 0.15) is 55.8 Å². The highest BCUT2D eigenvalue weighted by Crippen LogP contribution is 2.27. The Hall–Kier alpha value is -7.87. The van der Waals surface area contributed by atoms with Gasteiger partial charge in [-0.1, -0.05) is 42.8 Å². The summed E-state index contributed by atoms with van der Waals surface area (Å²) in [6.07, 6.45) is 14.0. The lowest BCUT2D eigenvalue weighted by Crippen LogP contribution is -2.34. The number of hydrogen-bond acceptors (Lipinski definition) is 12. The minimum Gasteiger partial charge on any atom is -0.501 e. The van der Waals surface area contributed by atoms with E-state index >= 15 is 0 Å². The van der Waals surface area contributed by atoms with Crippen LogP contribution >= 0.6 is 0 Å². The van der Waals surface area contributed by atoms with Gasteiger partial charge in [0.05, 0.1) is 56.5 Å². The number of hydrogen-bond donors (Lipinski definition) is 3. The van der Waals surface area contributed by atoms with Crippen LogP contribution in [-0.2, 0) is 17.8 Å². The number of nitrogens with one attached hydrogen (secondary N) is 1. The maximum atomic E-state index is 14.0. The van der Waals surface area contributed by atoms with Crippen LogP contribution in [0.15, 0.2) is 136 Å². The average molecular weight is 869 g/mol. The lowest BCUT2D eigenvalue weighted by Gasteiger charge is -2.27. The van der Waals surface area contributed by atoms with E-state index in [-0.39, 0.29) is 30.6 Å². The van der Waals surface area contributed by atoms with E-state index < -0.39 is 0 Å². The number of nitrogens with zero attached hydrogens (tertiary/aromatic N) is 9. The SMILES string of the molecule is C1CCC2=NCCCN2CC1.CCOC=CC#N.N=C(N)c1cc(-c2ccco2)n(Cc2ccccc2F)n1.Nc1ccnc(-c2cc(-c3ccco3)n(Cc3ccccc3F)n2)n1. The molecule has 2 aliphatic rings. The van der Waals surface area contributed by atoms with E-state index in [1.54, 1.807) is 107 Å². The number of ether oxygens (including phenoxy) is 1. The predicted molar refractivity (Wildman–Crippen MR) is 241 cm³/mol. The predicted octanol–water partition coefficient (Wildman–Crippen LogP) is 8.71. The van der Waals surface area contributed by atoms with Crippen molar-refractivity contribution >= 4 is 17.5 Å². The number of anilines is 1. The second-order valence-electron chi connectivity index (χ2n) is 14.3. The van der Waals surface area contributed by atoms with Gasteiger partial charge in [0.15, 0.2) is 17.3 Å². The van der Waals surface area contributed by atoms with E-state index in [4.69, 9.17) is 31.0 Å². The van der Waals surface area contributed by atoms with Gasteiger partial charge < -0.3 is 29.9 Å². The van der Waals surface area contributed by atoms with E-state index in [0.29, 0.717) is 63.7 Å². The first-order chi connectivity index (χ1) is 31.2. The Kier molecular flexibility index (Phi) is 16.7. The van der Waals surface area contributed by atoms with Gasteiger partial charge in [0.2, 0.25) is 0 Å². The number of halogens is 2. The number of nitrogen functional groups attached to an aromatic ring is 2. The number of rotatable bonds is 10. The van der Waals surface area contributed by atoms with Crippen molar-refractivity contribution in [3.63, 3.8) is 0 Å². The van der Waals surface area contributed by atoms with Gasteiger partial charge in [0, 0.05) is 43.4 Å². The molecule has 7 heterocycles. The zero-order chi connectivity index (χ0) is 45.1. The van der Waals surface area contributed by atoms with Crippen molar-refractivity contribution in [1.29, 1.82) is 10.7 Å². The van der Waals surface area contributed by atoms with Crippen LogP contribution in [0.25, 0.3) is 34.4 Å². The molecule has 15 nitrogen and oxygen atoms in total. The molecule has 5 N–H and O–H groups in total. The third-order valence-corrected chi connectivity index (χ3v) is 9.82. The summed E-state index contributed by atoms with van der Waals surface area (Å²) in [7, 11) is 0. The number of nitrogens with two attached hydrogens (primary N) is 2. The van der Waals surface area contributed by atoms with Crippen LogP contribution in [0, 0.1) is 28.4 Å². The largest absolute Gasteiger partial charge is 0.501 e. The normalized spacial score (nSPS) is 13.1. The van der Waals surface area contributed by atoms with Crippen LogP contribution in [0.2, 0.25) is 0 Å². The third kappa shape index (κ3) is 12.8. The maximum absolute atomic E-state index is 14.0. The first-order valence-corrected chi connectivity index (χ1v) is 20.8. The molecule has 9 rings (SSSR count).